The van der Waals surface area contributed by atoms with Crippen LogP contribution in [0.15, 0.2) is 48.6 Å². The molecule has 65 heavy (non-hydrogen) atoms. The Hall–Kier alpha value is -2.63. The maximum Gasteiger partial charge on any atom is 0.306 e. The normalized spacial score (nSPS) is 12.4. The minimum Gasteiger partial charge on any atom is -0.462 e. The molecule has 0 N–H and O–H groups in total. The second kappa shape index (κ2) is 54.0. The molecular weight excluding hydrogens is 805 g/mol. The van der Waals surface area contributed by atoms with E-state index in [1.54, 1.807) is 0 Å². The first-order chi connectivity index (χ1) is 32.0. The van der Waals surface area contributed by atoms with Crippen LogP contribution in [0.1, 0.15) is 290 Å². The lowest BCUT2D eigenvalue weighted by Crippen LogP contribution is -2.30. The average Bonchev–Trinajstić information content (AvgIpc) is 3.30. The molecule has 0 bridgehead atoms. The van der Waals surface area contributed by atoms with Crippen LogP contribution in [0.4, 0.5) is 0 Å². The maximum atomic E-state index is 12.8. The molecule has 0 rings (SSSR count). The van der Waals surface area contributed by atoms with Gasteiger partial charge in [-0.2, -0.15) is 0 Å². The fourth-order valence-corrected chi connectivity index (χ4v) is 8.07. The Bertz CT molecular complexity index is 1140. The van der Waals surface area contributed by atoms with Crippen molar-refractivity contribution in [1.29, 1.82) is 0 Å². The molecule has 0 aromatic heterocycles. The highest BCUT2D eigenvalue weighted by Gasteiger charge is 2.19. The van der Waals surface area contributed by atoms with Gasteiger partial charge in [-0.15, -0.1) is 0 Å². The number of hydrogen-bond donors (Lipinski definition) is 0. The summed E-state index contributed by atoms with van der Waals surface area (Å²) >= 11 is 0. The zero-order valence-corrected chi connectivity index (χ0v) is 43.3. The van der Waals surface area contributed by atoms with Gasteiger partial charge in [-0.05, 0) is 64.2 Å². The van der Waals surface area contributed by atoms with Crippen LogP contribution in [0.3, 0.4) is 0 Å². The van der Waals surface area contributed by atoms with Crippen molar-refractivity contribution < 1.29 is 28.6 Å². The summed E-state index contributed by atoms with van der Waals surface area (Å²) in [5.41, 5.74) is 0. The van der Waals surface area contributed by atoms with E-state index in [0.29, 0.717) is 19.3 Å². The molecule has 0 saturated heterocycles. The lowest BCUT2D eigenvalue weighted by molar-refractivity contribution is -0.167. The summed E-state index contributed by atoms with van der Waals surface area (Å²) in [7, 11) is 0. The third-order valence-corrected chi connectivity index (χ3v) is 12.3. The van der Waals surface area contributed by atoms with Crippen LogP contribution in [-0.2, 0) is 28.6 Å². The molecule has 0 radical (unpaired) electrons. The quantitative estimate of drug-likeness (QED) is 0.0262. The van der Waals surface area contributed by atoms with E-state index < -0.39 is 6.10 Å². The van der Waals surface area contributed by atoms with Crippen LogP contribution in [0, 0.1) is 0 Å². The maximum absolute atomic E-state index is 12.8. The zero-order valence-electron chi connectivity index (χ0n) is 43.3. The number of carbonyl (C=O) groups is 3. The lowest BCUT2D eigenvalue weighted by atomic mass is 10.0. The van der Waals surface area contributed by atoms with Crippen molar-refractivity contribution in [3.8, 4) is 0 Å². The van der Waals surface area contributed by atoms with E-state index in [1.165, 1.54) is 167 Å². The third kappa shape index (κ3) is 52.2. The molecular formula is C59H106O6. The molecule has 0 unspecified atom stereocenters. The number of carbonyl (C=O) groups excluding carboxylic acids is 3. The van der Waals surface area contributed by atoms with Crippen LogP contribution in [0.5, 0.6) is 0 Å². The van der Waals surface area contributed by atoms with Crippen molar-refractivity contribution in [1.82, 2.24) is 0 Å². The van der Waals surface area contributed by atoms with Gasteiger partial charge >= 0.3 is 17.9 Å². The van der Waals surface area contributed by atoms with E-state index in [1.807, 2.05) is 0 Å². The van der Waals surface area contributed by atoms with Crippen molar-refractivity contribution in [2.24, 2.45) is 0 Å². The molecule has 0 aromatic rings. The van der Waals surface area contributed by atoms with Crippen molar-refractivity contribution >= 4 is 17.9 Å². The SMILES string of the molecule is CCCCC/C=C/C/C=C/C/C=C/C/C=C/CCCCCC(=O)OC[C@@H](COC(=O)CCCCCCCCCCCCCCCC)OC(=O)CCCCCCCCCCCCCCCC. The predicted octanol–water partition coefficient (Wildman–Crippen LogP) is 18.7. The molecule has 0 spiro atoms. The van der Waals surface area contributed by atoms with E-state index in [-0.39, 0.29) is 31.1 Å². The number of allylic oxidation sites excluding steroid dienone is 8. The summed E-state index contributed by atoms with van der Waals surface area (Å²) in [4.78, 5) is 38.1. The van der Waals surface area contributed by atoms with Crippen LogP contribution in [0.25, 0.3) is 0 Å². The van der Waals surface area contributed by atoms with Crippen LogP contribution < -0.4 is 0 Å². The fourth-order valence-electron chi connectivity index (χ4n) is 8.07. The summed E-state index contributed by atoms with van der Waals surface area (Å²) < 4.78 is 16.8. The number of ether oxygens (including phenoxy) is 3. The minimum atomic E-state index is -0.782. The Balaban J connectivity index is 4.40. The van der Waals surface area contributed by atoms with Gasteiger partial charge in [0.2, 0.25) is 0 Å². The molecule has 0 amide bonds. The summed E-state index contributed by atoms with van der Waals surface area (Å²) in [6, 6.07) is 0. The Morgan fingerprint density at radius 2 is 0.554 bits per heavy atom. The fraction of sp³-hybridized carbons (Fsp3) is 0.814. The number of unbranched alkanes of at least 4 members (excludes halogenated alkanes) is 32. The van der Waals surface area contributed by atoms with E-state index in [4.69, 9.17) is 14.2 Å². The van der Waals surface area contributed by atoms with Gasteiger partial charge in [0.25, 0.3) is 0 Å². The molecule has 0 heterocycles. The molecule has 0 fully saturated rings. The Labute approximate surface area is 403 Å². The monoisotopic (exact) mass is 911 g/mol. The highest BCUT2D eigenvalue weighted by atomic mass is 16.6. The van der Waals surface area contributed by atoms with Crippen molar-refractivity contribution in [3.05, 3.63) is 48.6 Å². The van der Waals surface area contributed by atoms with Gasteiger partial charge in [0.05, 0.1) is 0 Å². The second-order valence-electron chi connectivity index (χ2n) is 18.9. The van der Waals surface area contributed by atoms with Crippen LogP contribution >= 0.6 is 0 Å². The summed E-state index contributed by atoms with van der Waals surface area (Å²) in [6.45, 7) is 6.61. The highest BCUT2D eigenvalue weighted by Crippen LogP contribution is 2.16. The van der Waals surface area contributed by atoms with Gasteiger partial charge < -0.3 is 14.2 Å². The first-order valence-corrected chi connectivity index (χ1v) is 28.1. The van der Waals surface area contributed by atoms with Gasteiger partial charge in [0, 0.05) is 19.3 Å². The second-order valence-corrected chi connectivity index (χ2v) is 18.9. The Morgan fingerprint density at radius 3 is 0.892 bits per heavy atom. The lowest BCUT2D eigenvalue weighted by Gasteiger charge is -2.18. The van der Waals surface area contributed by atoms with E-state index in [2.05, 4.69) is 69.4 Å². The smallest absolute Gasteiger partial charge is 0.306 e. The molecule has 0 aliphatic rings. The molecule has 6 nitrogen and oxygen atoms in total. The van der Waals surface area contributed by atoms with Gasteiger partial charge in [-0.1, -0.05) is 256 Å². The number of hydrogen-bond acceptors (Lipinski definition) is 6. The third-order valence-electron chi connectivity index (χ3n) is 12.3. The van der Waals surface area contributed by atoms with E-state index in [0.717, 1.165) is 83.5 Å². The van der Waals surface area contributed by atoms with E-state index in [9.17, 15) is 14.4 Å². The van der Waals surface area contributed by atoms with Gasteiger partial charge in [0.15, 0.2) is 6.10 Å². The molecule has 1 atom stereocenters. The summed E-state index contributed by atoms with van der Waals surface area (Å²) in [6.07, 6.45) is 65.2. The Kier molecular flexibility index (Phi) is 51.8. The average molecular weight is 911 g/mol. The number of esters is 3. The molecule has 378 valence electrons. The van der Waals surface area contributed by atoms with Crippen LogP contribution in [-0.4, -0.2) is 37.2 Å². The van der Waals surface area contributed by atoms with Crippen molar-refractivity contribution in [3.63, 3.8) is 0 Å². The number of rotatable bonds is 51. The van der Waals surface area contributed by atoms with Crippen molar-refractivity contribution in [2.75, 3.05) is 13.2 Å². The largest absolute Gasteiger partial charge is 0.462 e. The minimum absolute atomic E-state index is 0.0791. The first-order valence-electron chi connectivity index (χ1n) is 28.1. The molecule has 0 aliphatic heterocycles. The molecule has 0 aromatic carbocycles. The topological polar surface area (TPSA) is 78.9 Å². The Morgan fingerprint density at radius 1 is 0.308 bits per heavy atom. The summed E-state index contributed by atoms with van der Waals surface area (Å²) in [5, 5.41) is 0. The van der Waals surface area contributed by atoms with Crippen molar-refractivity contribution in [2.45, 2.75) is 297 Å². The van der Waals surface area contributed by atoms with Gasteiger partial charge in [-0.3, -0.25) is 14.4 Å². The molecule has 0 aliphatic carbocycles. The van der Waals surface area contributed by atoms with Gasteiger partial charge in [-0.25, -0.2) is 0 Å². The van der Waals surface area contributed by atoms with Gasteiger partial charge in [0.1, 0.15) is 13.2 Å². The standard InChI is InChI=1S/C59H106O6/c1-4-7-10-13-16-19-22-25-28-29-30-31-32-35-37-40-43-46-49-52-58(61)64-55-56(65-59(62)53-50-47-44-41-38-34-27-24-21-18-15-12-9-6-3)54-63-57(60)51-48-45-42-39-36-33-26-23-20-17-14-11-8-5-2/h16,19,25,28,30-31,35,37,56H,4-15,17-18,20-24,26-27,29,32-34,36,38-55H2,1-3H3/b19-16+,28-25+,31-30+,37-35+/t56-/m1/s1. The van der Waals surface area contributed by atoms with Crippen LogP contribution in [0.2, 0.25) is 0 Å². The molecule has 6 heteroatoms. The highest BCUT2D eigenvalue weighted by molar-refractivity contribution is 5.71. The zero-order chi connectivity index (χ0) is 47.2. The van der Waals surface area contributed by atoms with E-state index >= 15 is 0 Å². The molecule has 0 saturated carbocycles. The predicted molar refractivity (Wildman–Crippen MR) is 279 cm³/mol. The first kappa shape index (κ1) is 62.4. The summed E-state index contributed by atoms with van der Waals surface area (Å²) in [5.74, 6) is -0.896.